The van der Waals surface area contributed by atoms with Gasteiger partial charge >= 0.3 is 0 Å². The van der Waals surface area contributed by atoms with Crippen LogP contribution < -0.4 is 5.32 Å². The summed E-state index contributed by atoms with van der Waals surface area (Å²) in [6.45, 7) is 0. The summed E-state index contributed by atoms with van der Waals surface area (Å²) in [6.07, 6.45) is 2.45. The monoisotopic (exact) mass is 350 g/mol. The Hall–Kier alpha value is -1.56. The molecule has 5 nitrogen and oxygen atoms in total. The second-order valence-corrected chi connectivity index (χ2v) is 7.45. The van der Waals surface area contributed by atoms with E-state index in [-0.39, 0.29) is 5.91 Å². The van der Waals surface area contributed by atoms with Crippen molar-refractivity contribution < 1.29 is 4.79 Å². The van der Waals surface area contributed by atoms with Crippen molar-refractivity contribution in [3.63, 3.8) is 0 Å². The number of amides is 1. The van der Waals surface area contributed by atoms with Crippen LogP contribution in [0.4, 0.5) is 5.13 Å². The lowest BCUT2D eigenvalue weighted by Crippen LogP contribution is -2.11. The lowest BCUT2D eigenvalue weighted by atomic mass is 10.2. The number of carbonyl (C=O) groups is 1. The van der Waals surface area contributed by atoms with E-state index >= 15 is 0 Å². The minimum absolute atomic E-state index is 0.0332. The molecule has 0 aliphatic heterocycles. The van der Waals surface area contributed by atoms with Gasteiger partial charge in [0.25, 0.3) is 0 Å². The predicted octanol–water partition coefficient (Wildman–Crippen LogP) is 3.39. The van der Waals surface area contributed by atoms with Gasteiger partial charge < -0.3 is 5.32 Å². The Morgan fingerprint density at radius 2 is 2.14 bits per heavy atom. The highest BCUT2D eigenvalue weighted by Crippen LogP contribution is 2.28. The molecule has 0 spiro atoms. The van der Waals surface area contributed by atoms with Crippen LogP contribution in [0.25, 0.3) is 0 Å². The number of hydrogen-bond donors (Lipinski definition) is 1. The summed E-state index contributed by atoms with van der Waals surface area (Å²) in [6, 6.07) is 9.55. The van der Waals surface area contributed by atoms with Crippen LogP contribution in [-0.4, -0.2) is 28.1 Å². The number of anilines is 1. The first kappa shape index (κ1) is 16.8. The summed E-state index contributed by atoms with van der Waals surface area (Å²) < 4.78 is 0.810. The number of carbonyl (C=O) groups excluding carboxylic acids is 1. The van der Waals surface area contributed by atoms with Crippen molar-refractivity contribution >= 4 is 45.9 Å². The van der Waals surface area contributed by atoms with Crippen LogP contribution in [0.1, 0.15) is 17.5 Å². The van der Waals surface area contributed by atoms with Crippen molar-refractivity contribution in [1.82, 2.24) is 10.2 Å². The Morgan fingerprint density at radius 3 is 2.82 bits per heavy atom. The molecule has 1 heterocycles. The highest BCUT2D eigenvalue weighted by atomic mass is 32.2. The Labute approximate surface area is 141 Å². The third kappa shape index (κ3) is 5.33. The van der Waals surface area contributed by atoms with Gasteiger partial charge in [-0.25, -0.2) is 0 Å². The van der Waals surface area contributed by atoms with E-state index < -0.39 is 0 Å². The van der Waals surface area contributed by atoms with Gasteiger partial charge in [-0.1, -0.05) is 35.2 Å². The first-order valence-corrected chi connectivity index (χ1v) is 9.65. The highest BCUT2D eigenvalue weighted by molar-refractivity contribution is 8.00. The van der Waals surface area contributed by atoms with E-state index in [4.69, 9.17) is 5.26 Å². The van der Waals surface area contributed by atoms with E-state index in [0.717, 1.165) is 21.4 Å². The molecule has 0 fully saturated rings. The molecule has 1 aromatic carbocycles. The van der Waals surface area contributed by atoms with Gasteiger partial charge in [0.2, 0.25) is 11.0 Å². The zero-order valence-corrected chi connectivity index (χ0v) is 14.4. The average Bonchev–Trinajstić information content (AvgIpc) is 2.99. The molecule has 1 N–H and O–H groups in total. The van der Waals surface area contributed by atoms with Crippen molar-refractivity contribution in [2.45, 2.75) is 16.5 Å². The van der Waals surface area contributed by atoms with Crippen LogP contribution in [0.3, 0.4) is 0 Å². The van der Waals surface area contributed by atoms with E-state index in [1.165, 1.54) is 11.3 Å². The van der Waals surface area contributed by atoms with Gasteiger partial charge in [-0.05, 0) is 24.0 Å². The molecule has 2 aromatic rings. The minimum atomic E-state index is -0.0332. The zero-order valence-electron chi connectivity index (χ0n) is 11.9. The maximum absolute atomic E-state index is 11.6. The molecule has 22 heavy (non-hydrogen) atoms. The van der Waals surface area contributed by atoms with Crippen LogP contribution in [0.2, 0.25) is 0 Å². The fourth-order valence-electron chi connectivity index (χ4n) is 1.52. The third-order valence-corrected chi connectivity index (χ3v) is 5.29. The quantitative estimate of drug-likeness (QED) is 0.609. The molecular weight excluding hydrogens is 336 g/mol. The minimum Gasteiger partial charge on any atom is -0.300 e. The zero-order chi connectivity index (χ0) is 15.8. The van der Waals surface area contributed by atoms with Crippen molar-refractivity contribution in [2.24, 2.45) is 0 Å². The summed E-state index contributed by atoms with van der Waals surface area (Å²) in [5.74, 6) is 1.51. The van der Waals surface area contributed by atoms with E-state index in [1.54, 1.807) is 35.7 Å². The van der Waals surface area contributed by atoms with E-state index in [2.05, 4.69) is 21.6 Å². The molecule has 1 amide bonds. The van der Waals surface area contributed by atoms with Gasteiger partial charge in [0.05, 0.1) is 11.6 Å². The van der Waals surface area contributed by atoms with Gasteiger partial charge in [-0.3, -0.25) is 4.79 Å². The molecular formula is C14H14N4OS3. The number of thioether (sulfide) groups is 2. The Morgan fingerprint density at radius 1 is 1.36 bits per heavy atom. The molecule has 0 bridgehead atoms. The topological polar surface area (TPSA) is 78.7 Å². The maximum Gasteiger partial charge on any atom is 0.227 e. The molecule has 114 valence electrons. The molecule has 0 radical (unpaired) electrons. The summed E-state index contributed by atoms with van der Waals surface area (Å²) in [4.78, 5) is 11.6. The molecule has 0 saturated heterocycles. The molecule has 8 heteroatoms. The Balaban J connectivity index is 1.83. The van der Waals surface area contributed by atoms with Crippen molar-refractivity contribution in [1.29, 1.82) is 5.26 Å². The lowest BCUT2D eigenvalue weighted by Gasteiger charge is -1.99. The van der Waals surface area contributed by atoms with E-state index in [0.29, 0.717) is 17.1 Å². The summed E-state index contributed by atoms with van der Waals surface area (Å²) in [5, 5.41) is 20.1. The fraction of sp³-hybridized carbons (Fsp3) is 0.286. The van der Waals surface area contributed by atoms with Crippen LogP contribution in [0.15, 0.2) is 28.6 Å². The summed E-state index contributed by atoms with van der Waals surface area (Å²) >= 11 is 4.57. The van der Waals surface area contributed by atoms with Crippen molar-refractivity contribution in [3.8, 4) is 6.07 Å². The Bertz CT molecular complexity index is 663. The first-order chi connectivity index (χ1) is 10.7. The van der Waals surface area contributed by atoms with Gasteiger partial charge in [0.15, 0.2) is 4.34 Å². The molecule has 1 aromatic heterocycles. The maximum atomic E-state index is 11.6. The number of nitrogens with zero attached hydrogens (tertiary/aromatic N) is 3. The number of aromatic nitrogens is 2. The number of rotatable bonds is 7. The molecule has 0 aliphatic carbocycles. The van der Waals surface area contributed by atoms with Crippen molar-refractivity contribution in [3.05, 3.63) is 35.4 Å². The smallest absolute Gasteiger partial charge is 0.227 e. The predicted molar refractivity (Wildman–Crippen MR) is 92.3 cm³/mol. The average molecular weight is 350 g/mol. The molecule has 0 saturated carbocycles. The number of nitrogens with one attached hydrogen (secondary N) is 1. The molecule has 2 rings (SSSR count). The van der Waals surface area contributed by atoms with Crippen LogP contribution in [0.5, 0.6) is 0 Å². The molecule has 0 aliphatic rings. The Kier molecular flexibility index (Phi) is 6.71. The van der Waals surface area contributed by atoms with E-state index in [1.807, 2.05) is 18.4 Å². The van der Waals surface area contributed by atoms with Gasteiger partial charge in [-0.2, -0.15) is 17.0 Å². The SMILES string of the molecule is CSCCC(=O)Nc1nnc(SCc2ccc(C#N)cc2)s1. The third-order valence-electron chi connectivity index (χ3n) is 2.63. The van der Waals surface area contributed by atoms with Gasteiger partial charge in [0, 0.05) is 17.9 Å². The normalized spacial score (nSPS) is 10.2. The second kappa shape index (κ2) is 8.78. The number of nitriles is 1. The first-order valence-electron chi connectivity index (χ1n) is 6.45. The van der Waals surface area contributed by atoms with E-state index in [9.17, 15) is 4.79 Å². The number of benzene rings is 1. The highest BCUT2D eigenvalue weighted by Gasteiger charge is 2.08. The number of hydrogen-bond acceptors (Lipinski definition) is 7. The summed E-state index contributed by atoms with van der Waals surface area (Å²) in [5.41, 5.74) is 1.77. The lowest BCUT2D eigenvalue weighted by molar-refractivity contribution is -0.115. The van der Waals surface area contributed by atoms with Crippen LogP contribution in [-0.2, 0) is 10.5 Å². The van der Waals surface area contributed by atoms with Crippen molar-refractivity contribution in [2.75, 3.05) is 17.3 Å². The van der Waals surface area contributed by atoms with Crippen LogP contribution >= 0.6 is 34.9 Å². The summed E-state index contributed by atoms with van der Waals surface area (Å²) in [7, 11) is 0. The largest absolute Gasteiger partial charge is 0.300 e. The van der Waals surface area contributed by atoms with Gasteiger partial charge in [-0.15, -0.1) is 10.2 Å². The van der Waals surface area contributed by atoms with Crippen LogP contribution in [0, 0.1) is 11.3 Å². The van der Waals surface area contributed by atoms with Gasteiger partial charge in [0.1, 0.15) is 0 Å². The standard InChI is InChI=1S/C14H14N4OS3/c1-20-7-6-12(19)16-13-17-18-14(22-13)21-9-11-4-2-10(8-15)3-5-11/h2-5H,6-7,9H2,1H3,(H,16,17,19). The molecule has 0 unspecified atom stereocenters. The fourth-order valence-corrected chi connectivity index (χ4v) is 3.63. The second-order valence-electron chi connectivity index (χ2n) is 4.26. The molecule has 0 atom stereocenters.